The molecule has 1 aromatic carbocycles. The molecular formula is C20H29N3O8S. The number of benzene rings is 1. The number of methoxy groups -OCH3 is 1. The van der Waals surface area contributed by atoms with Gasteiger partial charge in [-0.15, -0.1) is 6.58 Å². The van der Waals surface area contributed by atoms with E-state index in [0.717, 1.165) is 23.5 Å². The number of rotatable bonds is 11. The van der Waals surface area contributed by atoms with Crippen molar-refractivity contribution in [3.8, 4) is 0 Å². The molecule has 0 aliphatic rings. The van der Waals surface area contributed by atoms with Crippen LogP contribution in [0.2, 0.25) is 0 Å². The van der Waals surface area contributed by atoms with E-state index in [9.17, 15) is 28.1 Å². The second-order valence-corrected chi connectivity index (χ2v) is 9.65. The van der Waals surface area contributed by atoms with Gasteiger partial charge in [-0.1, -0.05) is 18.2 Å². The number of sulfonamides is 1. The van der Waals surface area contributed by atoms with Crippen LogP contribution in [0.1, 0.15) is 33.6 Å². The van der Waals surface area contributed by atoms with Crippen LogP contribution in [0.5, 0.6) is 0 Å². The quantitative estimate of drug-likeness (QED) is 0.170. The summed E-state index contributed by atoms with van der Waals surface area (Å²) in [6.45, 7) is 7.87. The molecule has 1 aromatic rings. The minimum absolute atomic E-state index is 0.0795. The molecule has 0 saturated heterocycles. The SMILES string of the molecule is C=CCCCN(CC(NC(=O)OC(C)(C)C)C(=O)OC)S(=O)(=O)c1ccccc1[N+](=O)[O-]. The Morgan fingerprint density at radius 1 is 1.31 bits per heavy atom. The Hall–Kier alpha value is -2.99. The predicted octanol–water partition coefficient (Wildman–Crippen LogP) is 2.62. The van der Waals surface area contributed by atoms with Crippen LogP contribution >= 0.6 is 0 Å². The van der Waals surface area contributed by atoms with Gasteiger partial charge in [0, 0.05) is 19.2 Å². The summed E-state index contributed by atoms with van der Waals surface area (Å²) in [6, 6.07) is 3.49. The maximum Gasteiger partial charge on any atom is 0.408 e. The van der Waals surface area contributed by atoms with E-state index in [-0.39, 0.29) is 6.54 Å². The number of carbonyl (C=O) groups excluding carboxylic acids is 2. The van der Waals surface area contributed by atoms with Crippen LogP contribution in [0.25, 0.3) is 0 Å². The van der Waals surface area contributed by atoms with Gasteiger partial charge in [0.15, 0.2) is 4.90 Å². The molecule has 1 N–H and O–H groups in total. The molecule has 0 radical (unpaired) electrons. The average molecular weight is 472 g/mol. The zero-order valence-corrected chi connectivity index (χ0v) is 19.4. The number of para-hydroxylation sites is 1. The molecule has 11 nitrogen and oxygen atoms in total. The minimum atomic E-state index is -4.41. The fourth-order valence-electron chi connectivity index (χ4n) is 2.66. The summed E-state index contributed by atoms with van der Waals surface area (Å²) in [6.07, 6.45) is 1.45. The highest BCUT2D eigenvalue weighted by molar-refractivity contribution is 7.89. The molecule has 0 aromatic heterocycles. The number of allylic oxidation sites excluding steroid dienone is 1. The highest BCUT2D eigenvalue weighted by Crippen LogP contribution is 2.27. The molecule has 1 amide bonds. The Balaban J connectivity index is 3.33. The van der Waals surface area contributed by atoms with Crippen molar-refractivity contribution in [3.05, 3.63) is 47.0 Å². The third kappa shape index (κ3) is 7.93. The first-order chi connectivity index (χ1) is 14.8. The summed E-state index contributed by atoms with van der Waals surface area (Å²) in [5.41, 5.74) is -1.46. The van der Waals surface area contributed by atoms with E-state index < -0.39 is 55.8 Å². The van der Waals surface area contributed by atoms with Crippen molar-refractivity contribution in [3.63, 3.8) is 0 Å². The van der Waals surface area contributed by atoms with Gasteiger partial charge >= 0.3 is 12.1 Å². The van der Waals surface area contributed by atoms with Crippen LogP contribution in [-0.4, -0.2) is 61.6 Å². The van der Waals surface area contributed by atoms with Crippen LogP contribution in [-0.2, 0) is 24.3 Å². The summed E-state index contributed by atoms with van der Waals surface area (Å²) in [7, 11) is -3.32. The number of hydrogen-bond acceptors (Lipinski definition) is 8. The normalized spacial score (nSPS) is 12.7. The van der Waals surface area contributed by atoms with E-state index in [1.165, 1.54) is 12.1 Å². The molecule has 0 aliphatic heterocycles. The van der Waals surface area contributed by atoms with E-state index >= 15 is 0 Å². The lowest BCUT2D eigenvalue weighted by molar-refractivity contribution is -0.387. The molecule has 0 heterocycles. The molecule has 1 atom stereocenters. The Bertz CT molecular complexity index is 940. The zero-order chi connectivity index (χ0) is 24.5. The number of nitro benzene ring substituents is 1. The van der Waals surface area contributed by atoms with Gasteiger partial charge in [0.05, 0.1) is 12.0 Å². The first-order valence-electron chi connectivity index (χ1n) is 9.75. The van der Waals surface area contributed by atoms with Gasteiger partial charge in [-0.3, -0.25) is 10.1 Å². The van der Waals surface area contributed by atoms with Crippen molar-refractivity contribution in [1.29, 1.82) is 0 Å². The maximum atomic E-state index is 13.3. The number of ether oxygens (including phenoxy) is 2. The lowest BCUT2D eigenvalue weighted by Gasteiger charge is -2.27. The van der Waals surface area contributed by atoms with Crippen molar-refractivity contribution < 1.29 is 32.4 Å². The number of carbonyl (C=O) groups is 2. The van der Waals surface area contributed by atoms with Gasteiger partial charge in [-0.05, 0) is 39.7 Å². The molecule has 12 heteroatoms. The topological polar surface area (TPSA) is 145 Å². The summed E-state index contributed by atoms with van der Waals surface area (Å²) >= 11 is 0. The smallest absolute Gasteiger partial charge is 0.408 e. The fourth-order valence-corrected chi connectivity index (χ4v) is 4.31. The second kappa shape index (κ2) is 11.6. The Morgan fingerprint density at radius 2 is 1.94 bits per heavy atom. The molecule has 0 fully saturated rings. The number of nitrogens with one attached hydrogen (secondary N) is 1. The molecule has 32 heavy (non-hydrogen) atoms. The summed E-state index contributed by atoms with van der Waals surface area (Å²) in [5.74, 6) is -0.901. The van der Waals surface area contributed by atoms with Gasteiger partial charge in [0.25, 0.3) is 5.69 Å². The molecule has 178 valence electrons. The average Bonchev–Trinajstić information content (AvgIpc) is 2.70. The highest BCUT2D eigenvalue weighted by atomic mass is 32.2. The van der Waals surface area contributed by atoms with Gasteiger partial charge in [0.2, 0.25) is 10.0 Å². The van der Waals surface area contributed by atoms with Crippen molar-refractivity contribution >= 4 is 27.8 Å². The van der Waals surface area contributed by atoms with Crippen LogP contribution in [0.3, 0.4) is 0 Å². The minimum Gasteiger partial charge on any atom is -0.467 e. The number of alkyl carbamates (subject to hydrolysis) is 1. The Labute approximate surface area is 187 Å². The van der Waals surface area contributed by atoms with Gasteiger partial charge in [0.1, 0.15) is 11.6 Å². The van der Waals surface area contributed by atoms with E-state index in [4.69, 9.17) is 9.47 Å². The van der Waals surface area contributed by atoms with Gasteiger partial charge in [-0.2, -0.15) is 4.31 Å². The van der Waals surface area contributed by atoms with E-state index in [1.807, 2.05) is 0 Å². The van der Waals surface area contributed by atoms with Crippen LogP contribution in [0.4, 0.5) is 10.5 Å². The third-order valence-electron chi connectivity index (χ3n) is 4.06. The zero-order valence-electron chi connectivity index (χ0n) is 18.6. The van der Waals surface area contributed by atoms with Gasteiger partial charge < -0.3 is 14.8 Å². The number of nitro groups is 1. The lowest BCUT2D eigenvalue weighted by Crippen LogP contribution is -2.51. The van der Waals surface area contributed by atoms with Crippen LogP contribution < -0.4 is 5.32 Å². The number of unbranched alkanes of at least 4 members (excludes halogenated alkanes) is 1. The molecule has 0 aliphatic carbocycles. The number of amides is 1. The van der Waals surface area contributed by atoms with Crippen molar-refractivity contribution in [1.82, 2.24) is 9.62 Å². The van der Waals surface area contributed by atoms with E-state index in [1.54, 1.807) is 26.8 Å². The molecule has 1 rings (SSSR count). The van der Waals surface area contributed by atoms with Gasteiger partial charge in [-0.25, -0.2) is 18.0 Å². The molecule has 0 bridgehead atoms. The number of hydrogen-bond donors (Lipinski definition) is 1. The predicted molar refractivity (Wildman–Crippen MR) is 116 cm³/mol. The third-order valence-corrected chi connectivity index (χ3v) is 5.97. The Kier molecular flexibility index (Phi) is 9.79. The molecular weight excluding hydrogens is 442 g/mol. The summed E-state index contributed by atoms with van der Waals surface area (Å²) < 4.78 is 37.4. The standard InChI is InChI=1S/C20H29N3O8S/c1-6-7-10-13-22(32(28,29)17-12-9-8-11-16(17)23(26)27)14-15(18(24)30-5)21-19(25)31-20(2,3)4/h6,8-9,11-12,15H,1,7,10,13-14H2,2-5H3,(H,21,25). The molecule has 0 spiro atoms. The second-order valence-electron chi connectivity index (χ2n) is 7.74. The van der Waals surface area contributed by atoms with Crippen molar-refractivity contribution in [2.45, 2.75) is 50.2 Å². The maximum absolute atomic E-state index is 13.3. The Morgan fingerprint density at radius 3 is 2.47 bits per heavy atom. The first kappa shape index (κ1) is 27.0. The molecule has 1 unspecified atom stereocenters. The number of esters is 1. The van der Waals surface area contributed by atoms with Crippen molar-refractivity contribution in [2.75, 3.05) is 20.2 Å². The lowest BCUT2D eigenvalue weighted by atomic mass is 10.2. The van der Waals surface area contributed by atoms with E-state index in [2.05, 4.69) is 11.9 Å². The van der Waals surface area contributed by atoms with Crippen LogP contribution in [0.15, 0.2) is 41.8 Å². The van der Waals surface area contributed by atoms with E-state index in [0.29, 0.717) is 12.8 Å². The highest BCUT2D eigenvalue weighted by Gasteiger charge is 2.35. The number of nitrogens with zero attached hydrogens (tertiary/aromatic N) is 2. The first-order valence-corrected chi connectivity index (χ1v) is 11.2. The van der Waals surface area contributed by atoms with Crippen molar-refractivity contribution in [2.24, 2.45) is 0 Å². The fraction of sp³-hybridized carbons (Fsp3) is 0.500. The largest absolute Gasteiger partial charge is 0.467 e. The summed E-state index contributed by atoms with van der Waals surface area (Å²) in [4.78, 5) is 34.5. The van der Waals surface area contributed by atoms with Crippen LogP contribution in [0, 0.1) is 10.1 Å². The monoisotopic (exact) mass is 471 g/mol. The molecule has 0 saturated carbocycles. The summed E-state index contributed by atoms with van der Waals surface area (Å²) in [5, 5.41) is 13.7.